The lowest BCUT2D eigenvalue weighted by Crippen LogP contribution is -2.56. The lowest BCUT2D eigenvalue weighted by molar-refractivity contribution is -0.140. The van der Waals surface area contributed by atoms with Crippen LogP contribution in [0.15, 0.2) is 53.5 Å². The number of hydrogen-bond acceptors (Lipinski definition) is 7. The second kappa shape index (κ2) is 11.6. The highest BCUT2D eigenvalue weighted by Crippen LogP contribution is 2.35. The minimum atomic E-state index is -0.943. The van der Waals surface area contributed by atoms with Gasteiger partial charge in [0, 0.05) is 25.0 Å². The van der Waals surface area contributed by atoms with Gasteiger partial charge < -0.3 is 29.6 Å². The van der Waals surface area contributed by atoms with Crippen LogP contribution in [0, 0.1) is 5.92 Å². The Bertz CT molecular complexity index is 1540. The largest absolute Gasteiger partial charge is 0.444 e. The van der Waals surface area contributed by atoms with Crippen molar-refractivity contribution in [2.24, 2.45) is 5.92 Å². The molecule has 3 aromatic rings. The fourth-order valence-electron chi connectivity index (χ4n) is 6.17. The number of ether oxygens (including phenoxy) is 2. The molecule has 0 radical (unpaired) electrons. The number of pyridine rings is 2. The van der Waals surface area contributed by atoms with Gasteiger partial charge in [0.25, 0.3) is 5.56 Å². The minimum Gasteiger partial charge on any atom is -0.444 e. The molecule has 2 aromatic heterocycles. The monoisotopic (exact) mass is 587 g/mol. The first-order chi connectivity index (χ1) is 20.6. The van der Waals surface area contributed by atoms with Crippen molar-refractivity contribution in [2.45, 2.75) is 69.9 Å². The number of anilines is 2. The number of benzene rings is 1. The molecule has 2 N–H and O–H groups in total. The van der Waals surface area contributed by atoms with E-state index in [9.17, 15) is 14.4 Å². The average molecular weight is 588 g/mol. The summed E-state index contributed by atoms with van der Waals surface area (Å²) in [5.41, 5.74) is -0.164. The van der Waals surface area contributed by atoms with Gasteiger partial charge in [-0.05, 0) is 82.0 Å². The molecule has 4 heterocycles. The van der Waals surface area contributed by atoms with Crippen molar-refractivity contribution >= 4 is 34.3 Å². The number of fused-ring (bicyclic) bond motifs is 1. The Kier molecular flexibility index (Phi) is 7.89. The molecule has 2 aliphatic heterocycles. The van der Waals surface area contributed by atoms with Crippen molar-refractivity contribution in [1.82, 2.24) is 14.9 Å². The Morgan fingerprint density at radius 3 is 2.58 bits per heavy atom. The Labute approximate surface area is 251 Å². The zero-order valence-electron chi connectivity index (χ0n) is 25.2. The number of hydrogen-bond donors (Lipinski definition) is 2. The van der Waals surface area contributed by atoms with Crippen molar-refractivity contribution in [3.05, 3.63) is 64.7 Å². The number of nitrogens with zero attached hydrogens (tertiary/aromatic N) is 3. The molecule has 6 rings (SSSR count). The zero-order valence-corrected chi connectivity index (χ0v) is 25.2. The summed E-state index contributed by atoms with van der Waals surface area (Å²) < 4.78 is 11.3. The van der Waals surface area contributed by atoms with Gasteiger partial charge in [-0.2, -0.15) is 0 Å². The molecule has 1 aromatic carbocycles. The first-order valence-corrected chi connectivity index (χ1v) is 15.3. The summed E-state index contributed by atoms with van der Waals surface area (Å²) in [6.45, 7) is 8.47. The molecule has 2 saturated heterocycles. The third-order valence-corrected chi connectivity index (χ3v) is 8.88. The van der Waals surface area contributed by atoms with Crippen LogP contribution in [-0.4, -0.2) is 71.4 Å². The van der Waals surface area contributed by atoms with Gasteiger partial charge in [-0.15, -0.1) is 0 Å². The van der Waals surface area contributed by atoms with Gasteiger partial charge in [0.15, 0.2) is 0 Å². The molecule has 43 heavy (non-hydrogen) atoms. The van der Waals surface area contributed by atoms with Gasteiger partial charge in [0.05, 0.1) is 36.8 Å². The maximum atomic E-state index is 13.5. The molecular formula is C33H41N5O5. The normalized spacial score (nSPS) is 20.2. The molecule has 10 heteroatoms. The fourth-order valence-corrected chi connectivity index (χ4v) is 6.17. The first kappa shape index (κ1) is 29.2. The number of nitrogens with one attached hydrogen (secondary N) is 2. The van der Waals surface area contributed by atoms with E-state index in [1.54, 1.807) is 12.1 Å². The van der Waals surface area contributed by atoms with E-state index in [2.05, 4.69) is 15.2 Å². The van der Waals surface area contributed by atoms with Gasteiger partial charge in [-0.3, -0.25) is 14.6 Å². The third kappa shape index (κ3) is 6.11. The molecule has 10 nitrogen and oxygen atoms in total. The highest BCUT2D eigenvalue weighted by Gasteiger charge is 2.49. The molecule has 0 spiro atoms. The van der Waals surface area contributed by atoms with E-state index < -0.39 is 11.0 Å². The molecule has 1 saturated carbocycles. The Morgan fingerprint density at radius 1 is 1.14 bits per heavy atom. The molecule has 1 atom stereocenters. The van der Waals surface area contributed by atoms with Crippen molar-refractivity contribution in [1.29, 1.82) is 0 Å². The van der Waals surface area contributed by atoms with E-state index in [0.717, 1.165) is 49.8 Å². The summed E-state index contributed by atoms with van der Waals surface area (Å²) in [6, 6.07) is 13.0. The molecule has 2 amide bonds. The quantitative estimate of drug-likeness (QED) is 0.407. The summed E-state index contributed by atoms with van der Waals surface area (Å²) in [7, 11) is 0. The van der Waals surface area contributed by atoms with Crippen LogP contribution >= 0.6 is 0 Å². The van der Waals surface area contributed by atoms with Crippen molar-refractivity contribution in [3.8, 4) is 0 Å². The van der Waals surface area contributed by atoms with Crippen LogP contribution in [0.5, 0.6) is 0 Å². The SMILES string of the molecule is CC(C)(C)OC(=O)N(CC1CCC1)[C@@H]1CCCN(c2ccc(C3(C(=O)Nc4cc5ccccc5c(=O)[nH]4)COC3)nc2)C1. The number of aromatic nitrogens is 2. The van der Waals surface area contributed by atoms with Gasteiger partial charge in [-0.1, -0.05) is 24.6 Å². The van der Waals surface area contributed by atoms with Crippen molar-refractivity contribution in [2.75, 3.05) is 43.1 Å². The van der Waals surface area contributed by atoms with E-state index in [1.165, 1.54) is 6.42 Å². The number of carbonyl (C=O) groups excluding carboxylic acids is 2. The topological polar surface area (TPSA) is 117 Å². The highest BCUT2D eigenvalue weighted by atomic mass is 16.6. The Hall–Kier alpha value is -3.92. The smallest absolute Gasteiger partial charge is 0.410 e. The highest BCUT2D eigenvalue weighted by molar-refractivity contribution is 6.00. The standard InChI is InChI=1S/C33H41N5O5/c1-32(2,3)43-31(41)38(18-22-8-6-9-22)25-11-7-15-37(19-25)24-13-14-27(34-17-24)33(20-42-21-33)30(40)36-28-16-23-10-4-5-12-26(23)29(39)35-28/h4-5,10,12-14,16-17,22,25H,6-9,11,15,18-21H2,1-3H3,(H2,35,36,39,40)/t25-/m1/s1. The summed E-state index contributed by atoms with van der Waals surface area (Å²) in [5.74, 6) is 0.614. The number of aromatic amines is 1. The van der Waals surface area contributed by atoms with E-state index >= 15 is 0 Å². The second-order valence-corrected chi connectivity index (χ2v) is 13.2. The molecule has 3 fully saturated rings. The van der Waals surface area contributed by atoms with Crippen LogP contribution in [0.2, 0.25) is 0 Å². The van der Waals surface area contributed by atoms with Crippen LogP contribution in [0.4, 0.5) is 16.3 Å². The number of amides is 2. The average Bonchev–Trinajstić information content (AvgIpc) is 2.91. The first-order valence-electron chi connectivity index (χ1n) is 15.3. The van der Waals surface area contributed by atoms with E-state index in [4.69, 9.17) is 14.5 Å². The van der Waals surface area contributed by atoms with Gasteiger partial charge >= 0.3 is 6.09 Å². The van der Waals surface area contributed by atoms with E-state index in [0.29, 0.717) is 29.4 Å². The van der Waals surface area contributed by atoms with Crippen molar-refractivity contribution < 1.29 is 19.1 Å². The molecule has 1 aliphatic carbocycles. The van der Waals surface area contributed by atoms with Gasteiger partial charge in [0.1, 0.15) is 16.8 Å². The van der Waals surface area contributed by atoms with Crippen molar-refractivity contribution in [3.63, 3.8) is 0 Å². The second-order valence-electron chi connectivity index (χ2n) is 13.2. The Balaban J connectivity index is 1.16. The summed E-state index contributed by atoms with van der Waals surface area (Å²) in [6.07, 6.45) is 7.03. The minimum absolute atomic E-state index is 0.0603. The number of rotatable bonds is 7. The number of piperidine rings is 1. The molecule has 0 unspecified atom stereocenters. The predicted octanol–water partition coefficient (Wildman–Crippen LogP) is 4.84. The van der Waals surface area contributed by atoms with Crippen LogP contribution in [0.25, 0.3) is 10.8 Å². The number of carbonyl (C=O) groups is 2. The summed E-state index contributed by atoms with van der Waals surface area (Å²) in [5, 5.41) is 4.21. The third-order valence-electron chi connectivity index (χ3n) is 8.88. The zero-order chi connectivity index (χ0) is 30.2. The van der Waals surface area contributed by atoms with Crippen LogP contribution < -0.4 is 15.8 Å². The van der Waals surface area contributed by atoms with E-state index in [-0.39, 0.29) is 36.8 Å². The van der Waals surface area contributed by atoms with Crippen LogP contribution in [0.3, 0.4) is 0 Å². The summed E-state index contributed by atoms with van der Waals surface area (Å²) in [4.78, 5) is 51.1. The van der Waals surface area contributed by atoms with Crippen LogP contribution in [0.1, 0.15) is 58.6 Å². The molecule has 228 valence electrons. The molecular weight excluding hydrogens is 546 g/mol. The lowest BCUT2D eigenvalue weighted by atomic mass is 9.81. The maximum absolute atomic E-state index is 13.5. The molecule has 0 bridgehead atoms. The van der Waals surface area contributed by atoms with Gasteiger partial charge in [0.2, 0.25) is 5.91 Å². The van der Waals surface area contributed by atoms with E-state index in [1.807, 2.05) is 62.2 Å². The summed E-state index contributed by atoms with van der Waals surface area (Å²) >= 11 is 0. The lowest BCUT2D eigenvalue weighted by Gasteiger charge is -2.43. The molecule has 3 aliphatic rings. The van der Waals surface area contributed by atoms with Gasteiger partial charge in [-0.25, -0.2) is 4.79 Å². The fraction of sp³-hybridized carbons (Fsp3) is 0.515. The predicted molar refractivity (Wildman–Crippen MR) is 165 cm³/mol. The number of H-pyrrole nitrogens is 1. The maximum Gasteiger partial charge on any atom is 0.410 e. The van der Waals surface area contributed by atoms with Crippen LogP contribution in [-0.2, 0) is 19.7 Å². The Morgan fingerprint density at radius 2 is 1.93 bits per heavy atom.